The molecule has 1 unspecified atom stereocenters. The summed E-state index contributed by atoms with van der Waals surface area (Å²) >= 11 is 0. The molecule has 1 atom stereocenters. The molecule has 0 radical (unpaired) electrons. The van der Waals surface area contributed by atoms with E-state index in [-0.39, 0.29) is 18.2 Å². The lowest BCUT2D eigenvalue weighted by Crippen LogP contribution is -2.42. The third kappa shape index (κ3) is 5.93. The van der Waals surface area contributed by atoms with Gasteiger partial charge in [0.15, 0.2) is 0 Å². The molecule has 0 fully saturated rings. The largest absolute Gasteiger partial charge is 0.480 e. The van der Waals surface area contributed by atoms with Crippen molar-refractivity contribution in [2.75, 3.05) is 18.6 Å². The number of hydrogen-bond donors (Lipinski definition) is 2. The fourth-order valence-electron chi connectivity index (χ4n) is 1.01. The first-order chi connectivity index (χ1) is 6.24. The van der Waals surface area contributed by atoms with Crippen LogP contribution in [0.1, 0.15) is 13.8 Å². The van der Waals surface area contributed by atoms with Crippen LogP contribution in [0.4, 0.5) is 0 Å². The van der Waals surface area contributed by atoms with Gasteiger partial charge in [0.05, 0.1) is 5.75 Å². The Labute approximate surface area is 84.4 Å². The second kappa shape index (κ2) is 5.31. The van der Waals surface area contributed by atoms with Crippen LogP contribution < -0.4 is 5.32 Å². The van der Waals surface area contributed by atoms with Crippen molar-refractivity contribution in [3.8, 4) is 0 Å². The van der Waals surface area contributed by atoms with Crippen LogP contribution >= 0.6 is 0 Å². The Morgan fingerprint density at radius 1 is 1.43 bits per heavy atom. The summed E-state index contributed by atoms with van der Waals surface area (Å²) in [4.78, 5) is 10.7. The van der Waals surface area contributed by atoms with Crippen molar-refractivity contribution in [3.05, 3.63) is 0 Å². The van der Waals surface area contributed by atoms with Crippen LogP contribution in [-0.4, -0.2) is 44.1 Å². The normalized spacial score (nSPS) is 14.3. The van der Waals surface area contributed by atoms with E-state index in [0.717, 1.165) is 6.26 Å². The van der Waals surface area contributed by atoms with Gasteiger partial charge in [0, 0.05) is 12.8 Å². The highest BCUT2D eigenvalue weighted by Gasteiger charge is 2.20. The molecule has 0 aromatic carbocycles. The van der Waals surface area contributed by atoms with Gasteiger partial charge in [-0.05, 0) is 5.92 Å². The lowest BCUT2D eigenvalue weighted by molar-refractivity contribution is -0.140. The molecular weight excluding hydrogens is 206 g/mol. The van der Waals surface area contributed by atoms with E-state index in [1.807, 2.05) is 0 Å². The van der Waals surface area contributed by atoms with Gasteiger partial charge in [-0.3, -0.25) is 4.79 Å². The van der Waals surface area contributed by atoms with E-state index in [9.17, 15) is 13.2 Å². The molecule has 0 bridgehead atoms. The fraction of sp³-hybridized carbons (Fsp3) is 0.875. The Balaban J connectivity index is 4.03. The van der Waals surface area contributed by atoms with Crippen LogP contribution in [-0.2, 0) is 14.6 Å². The molecule has 0 aliphatic carbocycles. The van der Waals surface area contributed by atoms with E-state index in [4.69, 9.17) is 5.11 Å². The highest BCUT2D eigenvalue weighted by atomic mass is 32.2. The van der Waals surface area contributed by atoms with Crippen molar-refractivity contribution < 1.29 is 18.3 Å². The highest BCUT2D eigenvalue weighted by Crippen LogP contribution is 2.01. The predicted octanol–water partition coefficient (Wildman–Crippen LogP) is -0.270. The summed E-state index contributed by atoms with van der Waals surface area (Å²) < 4.78 is 21.5. The molecule has 84 valence electrons. The summed E-state index contributed by atoms with van der Waals surface area (Å²) in [7, 11) is -3.03. The van der Waals surface area contributed by atoms with Gasteiger partial charge in [-0.25, -0.2) is 8.42 Å². The van der Waals surface area contributed by atoms with E-state index in [2.05, 4.69) is 5.32 Å². The van der Waals surface area contributed by atoms with Gasteiger partial charge >= 0.3 is 5.97 Å². The number of carboxylic acids is 1. The zero-order valence-corrected chi connectivity index (χ0v) is 9.47. The number of nitrogens with one attached hydrogen (secondary N) is 1. The molecule has 0 aromatic rings. The van der Waals surface area contributed by atoms with E-state index in [1.165, 1.54) is 0 Å². The third-order valence-corrected chi connectivity index (χ3v) is 2.72. The molecule has 6 heteroatoms. The van der Waals surface area contributed by atoms with Gasteiger partial charge in [0.2, 0.25) is 0 Å². The number of rotatable bonds is 6. The third-order valence-electron chi connectivity index (χ3n) is 1.77. The average Bonchev–Trinajstić information content (AvgIpc) is 1.94. The van der Waals surface area contributed by atoms with Crippen LogP contribution in [0.5, 0.6) is 0 Å². The van der Waals surface area contributed by atoms with E-state index >= 15 is 0 Å². The smallest absolute Gasteiger partial charge is 0.320 e. The molecule has 14 heavy (non-hydrogen) atoms. The Bertz CT molecular complexity index is 284. The summed E-state index contributed by atoms with van der Waals surface area (Å²) in [5.74, 6) is -1.05. The number of carbonyl (C=O) groups is 1. The maximum Gasteiger partial charge on any atom is 0.320 e. The zero-order valence-electron chi connectivity index (χ0n) is 8.65. The summed E-state index contributed by atoms with van der Waals surface area (Å²) in [6.45, 7) is 3.71. The van der Waals surface area contributed by atoms with Crippen LogP contribution in [0.15, 0.2) is 0 Å². The van der Waals surface area contributed by atoms with Crippen LogP contribution in [0, 0.1) is 5.92 Å². The van der Waals surface area contributed by atoms with Gasteiger partial charge in [0.25, 0.3) is 0 Å². The molecular formula is C8H17NO4S. The quantitative estimate of drug-likeness (QED) is 0.647. The second-order valence-corrected chi connectivity index (χ2v) is 5.90. The second-order valence-electron chi connectivity index (χ2n) is 3.64. The highest BCUT2D eigenvalue weighted by molar-refractivity contribution is 7.90. The van der Waals surface area contributed by atoms with E-state index < -0.39 is 21.8 Å². The fourth-order valence-corrected chi connectivity index (χ4v) is 1.50. The molecule has 0 spiro atoms. The van der Waals surface area contributed by atoms with Crippen molar-refractivity contribution in [2.24, 2.45) is 5.92 Å². The van der Waals surface area contributed by atoms with Crippen molar-refractivity contribution >= 4 is 15.8 Å². The number of hydrogen-bond acceptors (Lipinski definition) is 4. The average molecular weight is 223 g/mol. The Morgan fingerprint density at radius 2 is 1.93 bits per heavy atom. The lowest BCUT2D eigenvalue weighted by Gasteiger charge is -2.17. The first-order valence-corrected chi connectivity index (χ1v) is 6.44. The summed E-state index contributed by atoms with van der Waals surface area (Å²) in [5, 5.41) is 11.5. The van der Waals surface area contributed by atoms with E-state index in [0.29, 0.717) is 0 Å². The standard InChI is InChI=1S/C8H17NO4S/c1-6(2)7(8(10)11)9-4-5-14(3,12)13/h6-7,9H,4-5H2,1-3H3,(H,10,11). The van der Waals surface area contributed by atoms with Gasteiger partial charge in [0.1, 0.15) is 15.9 Å². The first-order valence-electron chi connectivity index (χ1n) is 4.38. The Hall–Kier alpha value is -0.620. The molecule has 0 rings (SSSR count). The van der Waals surface area contributed by atoms with Gasteiger partial charge in [-0.15, -0.1) is 0 Å². The van der Waals surface area contributed by atoms with E-state index in [1.54, 1.807) is 13.8 Å². The topological polar surface area (TPSA) is 83.5 Å². The Kier molecular flexibility index (Phi) is 5.07. The van der Waals surface area contributed by atoms with Crippen molar-refractivity contribution in [2.45, 2.75) is 19.9 Å². The van der Waals surface area contributed by atoms with Gasteiger partial charge < -0.3 is 10.4 Å². The molecule has 0 amide bonds. The minimum atomic E-state index is -3.03. The van der Waals surface area contributed by atoms with Crippen LogP contribution in [0.2, 0.25) is 0 Å². The molecule has 0 saturated heterocycles. The number of sulfone groups is 1. The lowest BCUT2D eigenvalue weighted by atomic mass is 10.1. The predicted molar refractivity (Wildman–Crippen MR) is 54.0 cm³/mol. The van der Waals surface area contributed by atoms with Crippen molar-refractivity contribution in [1.82, 2.24) is 5.32 Å². The number of carboxylic acid groups (broad SMARTS) is 1. The Morgan fingerprint density at radius 3 is 2.21 bits per heavy atom. The van der Waals surface area contributed by atoms with Crippen LogP contribution in [0.25, 0.3) is 0 Å². The molecule has 0 heterocycles. The maximum atomic E-state index is 10.8. The monoisotopic (exact) mass is 223 g/mol. The summed E-state index contributed by atoms with van der Waals surface area (Å²) in [6, 6.07) is -0.684. The molecule has 0 aliphatic heterocycles. The minimum Gasteiger partial charge on any atom is -0.480 e. The van der Waals surface area contributed by atoms with Crippen molar-refractivity contribution in [3.63, 3.8) is 0 Å². The molecule has 0 aromatic heterocycles. The maximum absolute atomic E-state index is 10.8. The van der Waals surface area contributed by atoms with Gasteiger partial charge in [-0.2, -0.15) is 0 Å². The molecule has 2 N–H and O–H groups in total. The SMILES string of the molecule is CC(C)C(NCCS(C)(=O)=O)C(=O)O. The van der Waals surface area contributed by atoms with Crippen LogP contribution in [0.3, 0.4) is 0 Å². The summed E-state index contributed by atoms with van der Waals surface area (Å²) in [5.41, 5.74) is 0. The molecule has 0 aliphatic rings. The van der Waals surface area contributed by atoms with Crippen molar-refractivity contribution in [1.29, 1.82) is 0 Å². The summed E-state index contributed by atoms with van der Waals surface area (Å²) in [6.07, 6.45) is 1.12. The van der Waals surface area contributed by atoms with Gasteiger partial charge in [-0.1, -0.05) is 13.8 Å². The zero-order chi connectivity index (χ0) is 11.4. The number of aliphatic carboxylic acids is 1. The first kappa shape index (κ1) is 13.4. The molecule has 5 nitrogen and oxygen atoms in total. The molecule has 0 saturated carbocycles. The minimum absolute atomic E-state index is 0.0382.